The molecule has 152 valence electrons. The van der Waals surface area contributed by atoms with Crippen molar-refractivity contribution in [1.82, 2.24) is 4.90 Å². The molecule has 2 aliphatic heterocycles. The van der Waals surface area contributed by atoms with Crippen LogP contribution in [0.2, 0.25) is 0 Å². The Balaban J connectivity index is 1.48. The summed E-state index contributed by atoms with van der Waals surface area (Å²) in [5.41, 5.74) is 7.25. The first-order valence-electron chi connectivity index (χ1n) is 9.76. The molecule has 1 unspecified atom stereocenters. The Morgan fingerprint density at radius 2 is 1.72 bits per heavy atom. The first-order valence-corrected chi connectivity index (χ1v) is 9.76. The van der Waals surface area contributed by atoms with Crippen LogP contribution in [0.4, 0.5) is 14.5 Å². The maximum absolute atomic E-state index is 13.5. The van der Waals surface area contributed by atoms with E-state index in [0.717, 1.165) is 23.8 Å². The van der Waals surface area contributed by atoms with Crippen molar-refractivity contribution in [2.75, 3.05) is 31.1 Å². The summed E-state index contributed by atoms with van der Waals surface area (Å²) in [4.78, 5) is 28.6. The number of hydrogen-bond donors (Lipinski definition) is 1. The monoisotopic (exact) mass is 399 g/mol. The number of nitrogens with zero attached hydrogens (tertiary/aromatic N) is 2. The van der Waals surface area contributed by atoms with Gasteiger partial charge in [0.2, 0.25) is 11.8 Å². The summed E-state index contributed by atoms with van der Waals surface area (Å²) in [7, 11) is 0. The smallest absolute Gasteiger partial charge is 0.228 e. The van der Waals surface area contributed by atoms with Crippen molar-refractivity contribution < 1.29 is 18.4 Å². The lowest BCUT2D eigenvalue weighted by Crippen LogP contribution is -2.36. The number of nitrogens with two attached hydrogens (primary N) is 1. The third-order valence-electron chi connectivity index (χ3n) is 5.92. The zero-order valence-corrected chi connectivity index (χ0v) is 15.9. The summed E-state index contributed by atoms with van der Waals surface area (Å²) >= 11 is 0. The maximum Gasteiger partial charge on any atom is 0.228 e. The van der Waals surface area contributed by atoms with Crippen LogP contribution in [0, 0.1) is 23.5 Å². The van der Waals surface area contributed by atoms with E-state index in [1.807, 2.05) is 30.3 Å². The molecule has 7 heteroatoms. The molecule has 4 rings (SSSR count). The fourth-order valence-corrected chi connectivity index (χ4v) is 4.44. The molecule has 2 fully saturated rings. The molecule has 2 heterocycles. The average Bonchev–Trinajstić information content (AvgIpc) is 3.31. The van der Waals surface area contributed by atoms with Crippen molar-refractivity contribution >= 4 is 17.5 Å². The third kappa shape index (κ3) is 3.87. The van der Waals surface area contributed by atoms with Gasteiger partial charge in [-0.2, -0.15) is 0 Å². The predicted molar refractivity (Wildman–Crippen MR) is 105 cm³/mol. The zero-order chi connectivity index (χ0) is 20.5. The van der Waals surface area contributed by atoms with Gasteiger partial charge in [0.05, 0.1) is 5.92 Å². The van der Waals surface area contributed by atoms with Gasteiger partial charge >= 0.3 is 0 Å². The molecule has 0 aromatic heterocycles. The van der Waals surface area contributed by atoms with Gasteiger partial charge in [-0.1, -0.05) is 30.3 Å². The van der Waals surface area contributed by atoms with Crippen molar-refractivity contribution in [3.8, 4) is 0 Å². The molecule has 2 amide bonds. The van der Waals surface area contributed by atoms with Crippen LogP contribution in [0.15, 0.2) is 48.5 Å². The summed E-state index contributed by atoms with van der Waals surface area (Å²) in [6.07, 6.45) is 0.0385. The van der Waals surface area contributed by atoms with E-state index in [4.69, 9.17) is 5.73 Å². The second-order valence-corrected chi connectivity index (χ2v) is 7.79. The standard InChI is InChI=1S/C22H23F2N3O2/c23-17-7-18(24)9-19(8-17)27-12-15(6-21(27)28)22(29)26-11-16(10-25)20(13-26)14-4-2-1-3-5-14/h1-5,7-9,15-16,20H,6,10-13,25H2/t15?,16-,20+/m1/s1. The number of carbonyl (C=O) groups excluding carboxylic acids is 2. The number of anilines is 1. The number of likely N-dealkylation sites (tertiary alicyclic amines) is 1. The van der Waals surface area contributed by atoms with Crippen molar-refractivity contribution in [3.63, 3.8) is 0 Å². The van der Waals surface area contributed by atoms with E-state index < -0.39 is 17.6 Å². The third-order valence-corrected chi connectivity index (χ3v) is 5.92. The van der Waals surface area contributed by atoms with E-state index in [1.165, 1.54) is 4.90 Å². The predicted octanol–water partition coefficient (Wildman–Crippen LogP) is 2.52. The highest BCUT2D eigenvalue weighted by Crippen LogP contribution is 2.34. The minimum Gasteiger partial charge on any atom is -0.341 e. The second-order valence-electron chi connectivity index (χ2n) is 7.79. The van der Waals surface area contributed by atoms with Gasteiger partial charge in [-0.05, 0) is 30.2 Å². The number of amides is 2. The Morgan fingerprint density at radius 3 is 2.38 bits per heavy atom. The highest BCUT2D eigenvalue weighted by molar-refractivity contribution is 6.00. The summed E-state index contributed by atoms with van der Waals surface area (Å²) < 4.78 is 27.1. The molecule has 0 spiro atoms. The van der Waals surface area contributed by atoms with E-state index >= 15 is 0 Å². The quantitative estimate of drug-likeness (QED) is 0.859. The van der Waals surface area contributed by atoms with Crippen LogP contribution in [0.5, 0.6) is 0 Å². The van der Waals surface area contributed by atoms with E-state index in [9.17, 15) is 18.4 Å². The number of benzene rings is 2. The minimum absolute atomic E-state index is 0.0385. The maximum atomic E-state index is 13.5. The van der Waals surface area contributed by atoms with Crippen LogP contribution in [0.25, 0.3) is 0 Å². The van der Waals surface area contributed by atoms with E-state index in [0.29, 0.717) is 19.6 Å². The Labute approximate surface area is 168 Å². The van der Waals surface area contributed by atoms with Crippen LogP contribution in [0.3, 0.4) is 0 Å². The van der Waals surface area contributed by atoms with E-state index in [-0.39, 0.29) is 42.3 Å². The lowest BCUT2D eigenvalue weighted by Gasteiger charge is -2.21. The van der Waals surface area contributed by atoms with Crippen LogP contribution in [0.1, 0.15) is 17.9 Å². The lowest BCUT2D eigenvalue weighted by atomic mass is 9.89. The van der Waals surface area contributed by atoms with Gasteiger partial charge < -0.3 is 15.5 Å². The Morgan fingerprint density at radius 1 is 1.03 bits per heavy atom. The molecule has 2 saturated heterocycles. The Hall–Kier alpha value is -2.80. The molecule has 2 aliphatic rings. The fraction of sp³-hybridized carbons (Fsp3) is 0.364. The Bertz CT molecular complexity index is 901. The Kier molecular flexibility index (Phi) is 5.32. The van der Waals surface area contributed by atoms with Crippen molar-refractivity contribution in [1.29, 1.82) is 0 Å². The molecule has 0 saturated carbocycles. The average molecular weight is 399 g/mol. The summed E-state index contributed by atoms with van der Waals surface area (Å²) in [5.74, 6) is -2.11. The van der Waals surface area contributed by atoms with Gasteiger partial charge in [0.1, 0.15) is 11.6 Å². The summed E-state index contributed by atoms with van der Waals surface area (Å²) in [6, 6.07) is 13.0. The van der Waals surface area contributed by atoms with E-state index in [1.54, 1.807) is 4.90 Å². The normalized spacial score (nSPS) is 24.4. The largest absolute Gasteiger partial charge is 0.341 e. The van der Waals surface area contributed by atoms with Crippen LogP contribution < -0.4 is 10.6 Å². The highest BCUT2D eigenvalue weighted by Gasteiger charge is 2.42. The van der Waals surface area contributed by atoms with Gasteiger partial charge in [0, 0.05) is 43.7 Å². The van der Waals surface area contributed by atoms with Crippen molar-refractivity contribution in [2.24, 2.45) is 17.6 Å². The van der Waals surface area contributed by atoms with Crippen LogP contribution >= 0.6 is 0 Å². The second kappa shape index (κ2) is 7.91. The van der Waals surface area contributed by atoms with E-state index in [2.05, 4.69) is 0 Å². The number of hydrogen-bond acceptors (Lipinski definition) is 3. The fourth-order valence-electron chi connectivity index (χ4n) is 4.44. The molecule has 2 N–H and O–H groups in total. The van der Waals surface area contributed by atoms with Gasteiger partial charge in [-0.25, -0.2) is 8.78 Å². The summed E-state index contributed by atoms with van der Waals surface area (Å²) in [6.45, 7) is 1.71. The lowest BCUT2D eigenvalue weighted by molar-refractivity contribution is -0.134. The van der Waals surface area contributed by atoms with Gasteiger partial charge in [-0.3, -0.25) is 9.59 Å². The topological polar surface area (TPSA) is 66.6 Å². The molecular formula is C22H23F2N3O2. The zero-order valence-electron chi connectivity index (χ0n) is 15.9. The molecule has 0 aliphatic carbocycles. The molecule has 2 aromatic rings. The minimum atomic E-state index is -0.751. The number of rotatable bonds is 4. The summed E-state index contributed by atoms with van der Waals surface area (Å²) in [5, 5.41) is 0. The highest BCUT2D eigenvalue weighted by atomic mass is 19.1. The van der Waals surface area contributed by atoms with Crippen LogP contribution in [-0.2, 0) is 9.59 Å². The number of halogens is 2. The molecule has 2 aromatic carbocycles. The molecule has 3 atom stereocenters. The molecule has 0 radical (unpaired) electrons. The van der Waals surface area contributed by atoms with Crippen LogP contribution in [-0.4, -0.2) is 42.9 Å². The number of carbonyl (C=O) groups is 2. The molecule has 29 heavy (non-hydrogen) atoms. The van der Waals surface area contributed by atoms with Crippen molar-refractivity contribution in [2.45, 2.75) is 12.3 Å². The van der Waals surface area contributed by atoms with Crippen molar-refractivity contribution in [3.05, 3.63) is 65.7 Å². The van der Waals surface area contributed by atoms with Gasteiger partial charge in [0.25, 0.3) is 0 Å². The van der Waals surface area contributed by atoms with Gasteiger partial charge in [0.15, 0.2) is 0 Å². The first kappa shape index (κ1) is 19.5. The molecular weight excluding hydrogens is 376 g/mol. The molecule has 5 nitrogen and oxygen atoms in total. The van der Waals surface area contributed by atoms with Gasteiger partial charge in [-0.15, -0.1) is 0 Å². The first-order chi connectivity index (χ1) is 14.0. The molecule has 0 bridgehead atoms. The SMILES string of the molecule is NC[C@@H]1CN(C(=O)C2CC(=O)N(c3cc(F)cc(F)c3)C2)C[C@H]1c1ccccc1.